The fourth-order valence-electron chi connectivity index (χ4n) is 4.23. The first kappa shape index (κ1) is 20.1. The lowest BCUT2D eigenvalue weighted by molar-refractivity contribution is -0.384. The number of likely N-dealkylation sites (N-methyl/N-ethyl adjacent to an activating group) is 1. The van der Waals surface area contributed by atoms with E-state index in [0.717, 1.165) is 32.1 Å². The van der Waals surface area contributed by atoms with E-state index in [0.29, 0.717) is 31.9 Å². The normalized spacial score (nSPS) is 19.6. The van der Waals surface area contributed by atoms with Crippen LogP contribution in [0.2, 0.25) is 0 Å². The Hall–Kier alpha value is -2.66. The summed E-state index contributed by atoms with van der Waals surface area (Å²) in [5, 5.41) is 20.9. The highest BCUT2D eigenvalue weighted by Crippen LogP contribution is 2.33. The second-order valence-electron chi connectivity index (χ2n) is 7.67. The van der Waals surface area contributed by atoms with Crippen LogP contribution >= 0.6 is 0 Å². The fourth-order valence-corrected chi connectivity index (χ4v) is 4.23. The molecule has 1 aliphatic carbocycles. The Morgan fingerprint density at radius 2 is 1.86 bits per heavy atom. The van der Waals surface area contributed by atoms with Crippen LogP contribution in [0.3, 0.4) is 0 Å². The van der Waals surface area contributed by atoms with E-state index in [4.69, 9.17) is 0 Å². The number of amides is 1. The van der Waals surface area contributed by atoms with Crippen LogP contribution in [-0.2, 0) is 4.79 Å². The van der Waals surface area contributed by atoms with Crippen molar-refractivity contribution in [2.24, 2.45) is 0 Å². The third kappa shape index (κ3) is 4.09. The van der Waals surface area contributed by atoms with Gasteiger partial charge in [-0.3, -0.25) is 19.8 Å². The average Bonchev–Trinajstić information content (AvgIpc) is 2.74. The van der Waals surface area contributed by atoms with Gasteiger partial charge in [0.1, 0.15) is 11.2 Å². The summed E-state index contributed by atoms with van der Waals surface area (Å²) in [4.78, 5) is 29.4. The minimum absolute atomic E-state index is 0.0254. The number of nitriles is 1. The average molecular weight is 385 g/mol. The zero-order valence-electron chi connectivity index (χ0n) is 16.3. The zero-order valence-corrected chi connectivity index (χ0v) is 16.3. The van der Waals surface area contributed by atoms with Crippen LogP contribution < -0.4 is 4.90 Å². The van der Waals surface area contributed by atoms with E-state index in [2.05, 4.69) is 11.0 Å². The Morgan fingerprint density at radius 3 is 2.46 bits per heavy atom. The quantitative estimate of drug-likeness (QED) is 0.571. The van der Waals surface area contributed by atoms with Crippen molar-refractivity contribution in [3.8, 4) is 6.07 Å². The van der Waals surface area contributed by atoms with Gasteiger partial charge in [0.05, 0.1) is 17.5 Å². The van der Waals surface area contributed by atoms with E-state index in [1.165, 1.54) is 6.07 Å². The van der Waals surface area contributed by atoms with Crippen LogP contribution in [0.1, 0.15) is 32.1 Å². The number of rotatable bonds is 5. The molecule has 1 aliphatic heterocycles. The van der Waals surface area contributed by atoms with Crippen molar-refractivity contribution >= 4 is 17.3 Å². The molecular formula is C20H27N5O3. The SMILES string of the molecule is CN(C(=O)CN1CCN(c2ccccc2[N+](=O)[O-])CC1)C1(C#N)CCCCC1. The summed E-state index contributed by atoms with van der Waals surface area (Å²) >= 11 is 0. The number of anilines is 1. The van der Waals surface area contributed by atoms with E-state index in [1.807, 2.05) is 4.90 Å². The number of hydrogen-bond acceptors (Lipinski definition) is 6. The van der Waals surface area contributed by atoms with Crippen LogP contribution in [0.4, 0.5) is 11.4 Å². The maximum atomic E-state index is 12.8. The minimum atomic E-state index is -0.665. The molecule has 0 radical (unpaired) electrons. The molecule has 1 heterocycles. The first-order valence-corrected chi connectivity index (χ1v) is 9.85. The molecule has 2 fully saturated rings. The predicted molar refractivity (Wildman–Crippen MR) is 106 cm³/mol. The molecule has 8 nitrogen and oxygen atoms in total. The molecule has 1 aromatic rings. The van der Waals surface area contributed by atoms with Gasteiger partial charge in [0.2, 0.25) is 5.91 Å². The number of piperazine rings is 1. The van der Waals surface area contributed by atoms with Gasteiger partial charge in [-0.15, -0.1) is 0 Å². The van der Waals surface area contributed by atoms with Crippen molar-refractivity contribution in [3.05, 3.63) is 34.4 Å². The summed E-state index contributed by atoms with van der Waals surface area (Å²) in [5.74, 6) is -0.0254. The minimum Gasteiger partial charge on any atom is -0.363 e. The Bertz CT molecular complexity index is 761. The van der Waals surface area contributed by atoms with Gasteiger partial charge in [0.25, 0.3) is 5.69 Å². The van der Waals surface area contributed by atoms with E-state index < -0.39 is 5.54 Å². The summed E-state index contributed by atoms with van der Waals surface area (Å²) < 4.78 is 0. The predicted octanol–water partition coefficient (Wildman–Crippen LogP) is 2.40. The number of hydrogen-bond donors (Lipinski definition) is 0. The molecule has 0 N–H and O–H groups in total. The first-order valence-electron chi connectivity index (χ1n) is 9.85. The van der Waals surface area contributed by atoms with Crippen molar-refractivity contribution in [3.63, 3.8) is 0 Å². The number of nitro benzene ring substituents is 1. The van der Waals surface area contributed by atoms with Crippen molar-refractivity contribution in [2.45, 2.75) is 37.6 Å². The highest BCUT2D eigenvalue weighted by molar-refractivity contribution is 5.79. The smallest absolute Gasteiger partial charge is 0.292 e. The lowest BCUT2D eigenvalue weighted by Gasteiger charge is -2.41. The van der Waals surface area contributed by atoms with Gasteiger partial charge < -0.3 is 9.80 Å². The molecule has 1 saturated carbocycles. The molecule has 0 spiro atoms. The molecule has 0 aromatic heterocycles. The van der Waals surface area contributed by atoms with Gasteiger partial charge in [-0.05, 0) is 18.9 Å². The van der Waals surface area contributed by atoms with Crippen LogP contribution in [0.15, 0.2) is 24.3 Å². The second-order valence-corrected chi connectivity index (χ2v) is 7.67. The van der Waals surface area contributed by atoms with E-state index in [1.54, 1.807) is 30.1 Å². The lowest BCUT2D eigenvalue weighted by Crippen LogP contribution is -2.55. The number of benzene rings is 1. The largest absolute Gasteiger partial charge is 0.363 e. The van der Waals surface area contributed by atoms with Crippen LogP contribution in [0.25, 0.3) is 0 Å². The molecule has 0 unspecified atom stereocenters. The van der Waals surface area contributed by atoms with Crippen molar-refractivity contribution in [1.29, 1.82) is 5.26 Å². The van der Waals surface area contributed by atoms with Gasteiger partial charge in [-0.25, -0.2) is 0 Å². The van der Waals surface area contributed by atoms with E-state index in [-0.39, 0.29) is 23.1 Å². The van der Waals surface area contributed by atoms with E-state index in [9.17, 15) is 20.2 Å². The Labute approximate surface area is 165 Å². The monoisotopic (exact) mass is 385 g/mol. The topological polar surface area (TPSA) is 93.7 Å². The van der Waals surface area contributed by atoms with Crippen molar-refractivity contribution in [2.75, 3.05) is 44.7 Å². The molecule has 0 bridgehead atoms. The van der Waals surface area contributed by atoms with Gasteiger partial charge in [-0.1, -0.05) is 31.4 Å². The highest BCUT2D eigenvalue weighted by atomic mass is 16.6. The maximum absolute atomic E-state index is 12.8. The van der Waals surface area contributed by atoms with Crippen molar-refractivity contribution in [1.82, 2.24) is 9.80 Å². The standard InChI is InChI=1S/C20H27N5O3/c1-22(20(16-21)9-5-2-6-10-20)19(26)15-23-11-13-24(14-12-23)17-7-3-4-8-18(17)25(27)28/h3-4,7-8H,2,5-6,9-15H2,1H3. The molecule has 1 saturated heterocycles. The van der Waals surface area contributed by atoms with Gasteiger partial charge in [0.15, 0.2) is 0 Å². The number of para-hydroxylation sites is 2. The number of nitrogens with zero attached hydrogens (tertiary/aromatic N) is 5. The molecule has 3 rings (SSSR count). The van der Waals surface area contributed by atoms with Crippen molar-refractivity contribution < 1.29 is 9.72 Å². The molecule has 1 aromatic carbocycles. The van der Waals surface area contributed by atoms with Crippen LogP contribution in [0, 0.1) is 21.4 Å². The van der Waals surface area contributed by atoms with Gasteiger partial charge >= 0.3 is 0 Å². The fraction of sp³-hybridized carbons (Fsp3) is 0.600. The summed E-state index contributed by atoms with van der Waals surface area (Å²) in [6, 6.07) is 9.16. The lowest BCUT2D eigenvalue weighted by atomic mass is 9.81. The molecule has 1 amide bonds. The van der Waals surface area contributed by atoms with Crippen LogP contribution in [0.5, 0.6) is 0 Å². The molecule has 0 atom stereocenters. The summed E-state index contributed by atoms with van der Waals surface area (Å²) in [5.41, 5.74) is 0.0724. The Kier molecular flexibility index (Phi) is 6.15. The van der Waals surface area contributed by atoms with Gasteiger partial charge in [0, 0.05) is 39.3 Å². The molecule has 2 aliphatic rings. The first-order chi connectivity index (χ1) is 13.5. The number of nitro groups is 1. The molecule has 150 valence electrons. The molecule has 8 heteroatoms. The number of carbonyl (C=O) groups is 1. The summed E-state index contributed by atoms with van der Waals surface area (Å²) in [7, 11) is 1.75. The molecule has 28 heavy (non-hydrogen) atoms. The molecular weight excluding hydrogens is 358 g/mol. The Balaban J connectivity index is 1.58. The third-order valence-corrected chi connectivity index (χ3v) is 6.06. The summed E-state index contributed by atoms with van der Waals surface area (Å²) in [6.45, 7) is 2.86. The van der Waals surface area contributed by atoms with Gasteiger partial charge in [-0.2, -0.15) is 5.26 Å². The maximum Gasteiger partial charge on any atom is 0.292 e. The van der Waals surface area contributed by atoms with Crippen LogP contribution in [-0.4, -0.2) is 65.9 Å². The second kappa shape index (κ2) is 8.57. The number of carbonyl (C=O) groups excluding carboxylic acids is 1. The summed E-state index contributed by atoms with van der Waals surface area (Å²) in [6.07, 6.45) is 4.59. The third-order valence-electron chi connectivity index (χ3n) is 6.06. The van der Waals surface area contributed by atoms with E-state index >= 15 is 0 Å². The zero-order chi connectivity index (χ0) is 20.1. The Morgan fingerprint density at radius 1 is 1.21 bits per heavy atom. The highest BCUT2D eigenvalue weighted by Gasteiger charge is 2.39.